The van der Waals surface area contributed by atoms with Gasteiger partial charge in [0.25, 0.3) is 11.8 Å². The summed E-state index contributed by atoms with van der Waals surface area (Å²) in [5.74, 6) is -1.62. The molecule has 1 fully saturated rings. The molecule has 32 heavy (non-hydrogen) atoms. The van der Waals surface area contributed by atoms with Gasteiger partial charge in [0.2, 0.25) is 0 Å². The summed E-state index contributed by atoms with van der Waals surface area (Å²) < 4.78 is 42.2. The Labute approximate surface area is 182 Å². The number of amides is 2. The second kappa shape index (κ2) is 8.64. The Morgan fingerprint density at radius 1 is 1.06 bits per heavy atom. The number of fused-ring (bicyclic) bond motifs is 1. The van der Waals surface area contributed by atoms with Crippen molar-refractivity contribution < 1.29 is 32.3 Å². The van der Waals surface area contributed by atoms with Gasteiger partial charge in [0.05, 0.1) is 5.56 Å². The molecule has 9 heteroatoms. The molecule has 1 N–H and O–H groups in total. The van der Waals surface area contributed by atoms with Crippen molar-refractivity contribution >= 4 is 17.8 Å². The highest BCUT2D eigenvalue weighted by molar-refractivity contribution is 5.96. The quantitative estimate of drug-likeness (QED) is 0.692. The average molecular weight is 446 g/mol. The molecular weight excluding hydrogens is 425 g/mol. The number of ether oxygens (including phenoxy) is 1. The highest BCUT2D eigenvalue weighted by Gasteiger charge is 2.39. The van der Waals surface area contributed by atoms with Gasteiger partial charge in [-0.05, 0) is 42.2 Å². The first kappa shape index (κ1) is 21.9. The highest BCUT2D eigenvalue weighted by atomic mass is 19.4. The summed E-state index contributed by atoms with van der Waals surface area (Å²) in [5.41, 5.74) is 2.06. The third-order valence-corrected chi connectivity index (χ3v) is 5.46. The molecule has 168 valence electrons. The third-order valence-electron chi connectivity index (χ3n) is 5.46. The molecule has 1 atom stereocenters. The Kier molecular flexibility index (Phi) is 5.90. The Morgan fingerprint density at radius 3 is 2.41 bits per heavy atom. The van der Waals surface area contributed by atoms with Crippen LogP contribution in [0.3, 0.4) is 0 Å². The standard InChI is InChI=1S/C23H21F3N2O4/c24-23(25,26)13-27-20(29)15-7-5-14(6-8-15)12-28(17-9-10-17)21(30)19-11-16-3-1-2-4-18(16)22(31)32-19/h1-8,17,19H,9-13H2,(H,27,29)/t19-/m1/s1. The van der Waals surface area contributed by atoms with Gasteiger partial charge in [0.15, 0.2) is 6.10 Å². The smallest absolute Gasteiger partial charge is 0.405 e. The zero-order chi connectivity index (χ0) is 22.9. The van der Waals surface area contributed by atoms with Gasteiger partial charge >= 0.3 is 12.1 Å². The van der Waals surface area contributed by atoms with Crippen molar-refractivity contribution in [3.63, 3.8) is 0 Å². The van der Waals surface area contributed by atoms with E-state index >= 15 is 0 Å². The van der Waals surface area contributed by atoms with Gasteiger partial charge in [-0.3, -0.25) is 9.59 Å². The number of carbonyl (C=O) groups excluding carboxylic acids is 3. The Hall–Kier alpha value is -3.36. The van der Waals surface area contributed by atoms with Crippen molar-refractivity contribution in [3.05, 3.63) is 70.8 Å². The van der Waals surface area contributed by atoms with Crippen LogP contribution in [-0.4, -0.2) is 47.6 Å². The molecule has 2 amide bonds. The summed E-state index contributed by atoms with van der Waals surface area (Å²) in [6, 6.07) is 13.1. The van der Waals surface area contributed by atoms with Gasteiger partial charge in [-0.1, -0.05) is 30.3 Å². The summed E-state index contributed by atoms with van der Waals surface area (Å²) >= 11 is 0. The van der Waals surface area contributed by atoms with Gasteiger partial charge in [0, 0.05) is 24.6 Å². The van der Waals surface area contributed by atoms with Crippen LogP contribution >= 0.6 is 0 Å². The zero-order valence-corrected chi connectivity index (χ0v) is 17.0. The van der Waals surface area contributed by atoms with Crippen molar-refractivity contribution in [1.82, 2.24) is 10.2 Å². The topological polar surface area (TPSA) is 75.7 Å². The van der Waals surface area contributed by atoms with Crippen molar-refractivity contribution in [2.45, 2.75) is 44.1 Å². The van der Waals surface area contributed by atoms with Crippen molar-refractivity contribution in [1.29, 1.82) is 0 Å². The maximum Gasteiger partial charge on any atom is 0.405 e. The second-order valence-corrected chi connectivity index (χ2v) is 7.95. The van der Waals surface area contributed by atoms with Gasteiger partial charge in [-0.25, -0.2) is 4.79 Å². The van der Waals surface area contributed by atoms with Crippen LogP contribution in [0.25, 0.3) is 0 Å². The first-order valence-electron chi connectivity index (χ1n) is 10.2. The summed E-state index contributed by atoms with van der Waals surface area (Å²) in [6.07, 6.45) is -3.38. The van der Waals surface area contributed by atoms with Crippen molar-refractivity contribution in [2.24, 2.45) is 0 Å². The van der Waals surface area contributed by atoms with Crippen LogP contribution in [0.5, 0.6) is 0 Å². The predicted molar refractivity (Wildman–Crippen MR) is 108 cm³/mol. The minimum absolute atomic E-state index is 0.0492. The van der Waals surface area contributed by atoms with E-state index in [4.69, 9.17) is 4.74 Å². The number of cyclic esters (lactones) is 1. The van der Waals surface area contributed by atoms with Crippen LogP contribution in [0.4, 0.5) is 13.2 Å². The third kappa shape index (κ3) is 5.09. The Bertz CT molecular complexity index is 1030. The molecule has 4 rings (SSSR count). The lowest BCUT2D eigenvalue weighted by Gasteiger charge is -2.30. The maximum absolute atomic E-state index is 13.2. The summed E-state index contributed by atoms with van der Waals surface area (Å²) in [4.78, 5) is 39.0. The predicted octanol–water partition coefficient (Wildman–Crippen LogP) is 3.25. The Balaban J connectivity index is 1.42. The molecule has 2 aromatic rings. The molecule has 2 aromatic carbocycles. The number of carbonyl (C=O) groups is 3. The van der Waals surface area contributed by atoms with E-state index in [0.717, 1.165) is 24.0 Å². The van der Waals surface area contributed by atoms with Gasteiger partial charge in [-0.15, -0.1) is 0 Å². The number of nitrogens with zero attached hydrogens (tertiary/aromatic N) is 1. The molecule has 0 saturated heterocycles. The van der Waals surface area contributed by atoms with Crippen molar-refractivity contribution in [2.75, 3.05) is 6.54 Å². The molecule has 0 spiro atoms. The van der Waals surface area contributed by atoms with Crippen LogP contribution in [-0.2, 0) is 22.5 Å². The molecule has 2 aliphatic rings. The van der Waals surface area contributed by atoms with Crippen LogP contribution in [0.15, 0.2) is 48.5 Å². The fourth-order valence-corrected chi connectivity index (χ4v) is 3.67. The molecule has 1 aliphatic carbocycles. The zero-order valence-electron chi connectivity index (χ0n) is 17.0. The van der Waals surface area contributed by atoms with E-state index in [2.05, 4.69) is 0 Å². The van der Waals surface area contributed by atoms with E-state index in [9.17, 15) is 27.6 Å². The number of alkyl halides is 3. The van der Waals surface area contributed by atoms with Gasteiger partial charge < -0.3 is 15.0 Å². The fraction of sp³-hybridized carbons (Fsp3) is 0.348. The number of hydrogen-bond donors (Lipinski definition) is 1. The van der Waals surface area contributed by atoms with Crippen LogP contribution in [0.1, 0.15) is 44.7 Å². The molecule has 0 aromatic heterocycles. The van der Waals surface area contributed by atoms with E-state index in [0.29, 0.717) is 12.0 Å². The highest BCUT2D eigenvalue weighted by Crippen LogP contribution is 2.31. The lowest BCUT2D eigenvalue weighted by Crippen LogP contribution is -2.45. The monoisotopic (exact) mass is 446 g/mol. The number of halogens is 3. The summed E-state index contributed by atoms with van der Waals surface area (Å²) in [6.45, 7) is -1.15. The second-order valence-electron chi connectivity index (χ2n) is 7.95. The largest absolute Gasteiger partial charge is 0.448 e. The minimum atomic E-state index is -4.48. The molecule has 0 unspecified atom stereocenters. The number of nitrogens with one attached hydrogen (secondary N) is 1. The number of benzene rings is 2. The molecule has 0 radical (unpaired) electrons. The van der Waals surface area contributed by atoms with Crippen LogP contribution < -0.4 is 5.32 Å². The van der Waals surface area contributed by atoms with Crippen LogP contribution in [0.2, 0.25) is 0 Å². The molecule has 1 heterocycles. The SMILES string of the molecule is O=C(NCC(F)(F)F)c1ccc(CN(C(=O)[C@H]2Cc3ccccc3C(=O)O2)C2CC2)cc1. The molecule has 1 aliphatic heterocycles. The van der Waals surface area contributed by atoms with E-state index in [1.807, 2.05) is 11.4 Å². The van der Waals surface area contributed by atoms with E-state index in [-0.39, 0.29) is 24.1 Å². The first-order chi connectivity index (χ1) is 15.2. The summed E-state index contributed by atoms with van der Waals surface area (Å²) in [7, 11) is 0. The van der Waals surface area contributed by atoms with Crippen molar-refractivity contribution in [3.8, 4) is 0 Å². The Morgan fingerprint density at radius 2 is 1.75 bits per heavy atom. The number of esters is 1. The molecule has 0 bridgehead atoms. The fourth-order valence-electron chi connectivity index (χ4n) is 3.67. The minimum Gasteiger partial charge on any atom is -0.448 e. The first-order valence-corrected chi connectivity index (χ1v) is 10.2. The lowest BCUT2D eigenvalue weighted by atomic mass is 9.98. The molecule has 1 saturated carbocycles. The van der Waals surface area contributed by atoms with Crippen LogP contribution in [0, 0.1) is 0 Å². The number of hydrogen-bond acceptors (Lipinski definition) is 4. The van der Waals surface area contributed by atoms with E-state index < -0.39 is 30.7 Å². The van der Waals surface area contributed by atoms with E-state index in [1.54, 1.807) is 35.2 Å². The maximum atomic E-state index is 13.2. The number of rotatable bonds is 6. The van der Waals surface area contributed by atoms with Gasteiger partial charge in [-0.2, -0.15) is 13.2 Å². The lowest BCUT2D eigenvalue weighted by molar-refractivity contribution is -0.142. The summed E-state index contributed by atoms with van der Waals surface area (Å²) in [5, 5.41) is 1.82. The van der Waals surface area contributed by atoms with Gasteiger partial charge in [0.1, 0.15) is 6.54 Å². The molecule has 6 nitrogen and oxygen atoms in total. The van der Waals surface area contributed by atoms with E-state index in [1.165, 1.54) is 12.1 Å². The normalized spacial score (nSPS) is 17.8. The molecular formula is C23H21F3N2O4. The average Bonchev–Trinajstić information content (AvgIpc) is 3.60.